The normalized spacial score (nSPS) is 27.4. The molecule has 94 valence electrons. The van der Waals surface area contributed by atoms with Gasteiger partial charge in [-0.1, -0.05) is 0 Å². The third-order valence-corrected chi connectivity index (χ3v) is 4.85. The van der Waals surface area contributed by atoms with E-state index in [0.717, 1.165) is 0 Å². The fourth-order valence-electron chi connectivity index (χ4n) is 3.43. The number of hydrogen-bond acceptors (Lipinski definition) is 2. The SMILES string of the molecule is CC(C)N1CC2(CCC(C(C)(C)O)CC2)C1. The summed E-state index contributed by atoms with van der Waals surface area (Å²) >= 11 is 0. The molecule has 1 N–H and O–H groups in total. The van der Waals surface area contributed by atoms with Gasteiger partial charge in [0.1, 0.15) is 0 Å². The number of hydrogen-bond donors (Lipinski definition) is 1. The number of aliphatic hydroxyl groups is 1. The first-order valence-corrected chi connectivity index (χ1v) is 6.79. The maximum atomic E-state index is 10.0. The van der Waals surface area contributed by atoms with Gasteiger partial charge in [-0.3, -0.25) is 4.90 Å². The van der Waals surface area contributed by atoms with E-state index >= 15 is 0 Å². The summed E-state index contributed by atoms with van der Waals surface area (Å²) in [5.74, 6) is 0.520. The Kier molecular flexibility index (Phi) is 3.09. The maximum Gasteiger partial charge on any atom is 0.0619 e. The van der Waals surface area contributed by atoms with Gasteiger partial charge in [0, 0.05) is 19.1 Å². The van der Waals surface area contributed by atoms with Crippen LogP contribution in [0.2, 0.25) is 0 Å². The zero-order valence-corrected chi connectivity index (χ0v) is 11.3. The largest absolute Gasteiger partial charge is 0.390 e. The molecule has 0 radical (unpaired) electrons. The molecular formula is C14H27NO. The molecular weight excluding hydrogens is 198 g/mol. The second kappa shape index (κ2) is 3.99. The van der Waals surface area contributed by atoms with Gasteiger partial charge in [-0.2, -0.15) is 0 Å². The van der Waals surface area contributed by atoms with E-state index < -0.39 is 5.60 Å². The average Bonchev–Trinajstić information content (AvgIpc) is 2.12. The molecule has 2 heteroatoms. The molecule has 1 aliphatic heterocycles. The van der Waals surface area contributed by atoms with E-state index in [1.807, 2.05) is 13.8 Å². The molecule has 0 aromatic carbocycles. The minimum Gasteiger partial charge on any atom is -0.390 e. The Balaban J connectivity index is 1.83. The Morgan fingerprint density at radius 3 is 2.06 bits per heavy atom. The molecule has 2 aliphatic rings. The summed E-state index contributed by atoms with van der Waals surface area (Å²) in [5, 5.41) is 10.0. The summed E-state index contributed by atoms with van der Waals surface area (Å²) in [7, 11) is 0. The maximum absolute atomic E-state index is 10.0. The van der Waals surface area contributed by atoms with Crippen molar-refractivity contribution in [2.45, 2.75) is 65.0 Å². The molecule has 1 aliphatic carbocycles. The van der Waals surface area contributed by atoms with Gasteiger partial charge in [0.2, 0.25) is 0 Å². The first kappa shape index (κ1) is 12.4. The van der Waals surface area contributed by atoms with Crippen molar-refractivity contribution in [1.29, 1.82) is 0 Å². The van der Waals surface area contributed by atoms with E-state index in [1.165, 1.54) is 38.8 Å². The van der Waals surface area contributed by atoms with Crippen LogP contribution in [0.25, 0.3) is 0 Å². The smallest absolute Gasteiger partial charge is 0.0619 e. The number of nitrogens with zero attached hydrogens (tertiary/aromatic N) is 1. The molecule has 2 rings (SSSR count). The van der Waals surface area contributed by atoms with E-state index in [2.05, 4.69) is 18.7 Å². The van der Waals surface area contributed by atoms with Crippen LogP contribution in [0.1, 0.15) is 53.4 Å². The van der Waals surface area contributed by atoms with Crippen LogP contribution in [0.15, 0.2) is 0 Å². The van der Waals surface area contributed by atoms with Crippen LogP contribution in [-0.2, 0) is 0 Å². The van der Waals surface area contributed by atoms with Crippen LogP contribution in [0.4, 0.5) is 0 Å². The predicted molar refractivity (Wildman–Crippen MR) is 67.4 cm³/mol. The summed E-state index contributed by atoms with van der Waals surface area (Å²) < 4.78 is 0. The molecule has 0 unspecified atom stereocenters. The molecule has 1 spiro atoms. The highest BCUT2D eigenvalue weighted by Crippen LogP contribution is 2.48. The lowest BCUT2D eigenvalue weighted by Crippen LogP contribution is -2.60. The Morgan fingerprint density at radius 2 is 1.69 bits per heavy atom. The Hall–Kier alpha value is -0.0800. The molecule has 2 nitrogen and oxygen atoms in total. The molecule has 1 saturated heterocycles. The summed E-state index contributed by atoms with van der Waals surface area (Å²) in [6.07, 6.45) is 5.08. The van der Waals surface area contributed by atoms with Crippen LogP contribution in [0.3, 0.4) is 0 Å². The Morgan fingerprint density at radius 1 is 1.19 bits per heavy atom. The monoisotopic (exact) mass is 225 g/mol. The van der Waals surface area contributed by atoms with Gasteiger partial charge >= 0.3 is 0 Å². The minimum atomic E-state index is -0.469. The lowest BCUT2D eigenvalue weighted by molar-refractivity contribution is -0.0835. The van der Waals surface area contributed by atoms with E-state index in [4.69, 9.17) is 0 Å². The molecule has 0 atom stereocenters. The fourth-order valence-corrected chi connectivity index (χ4v) is 3.43. The van der Waals surface area contributed by atoms with E-state index in [-0.39, 0.29) is 0 Å². The van der Waals surface area contributed by atoms with Crippen molar-refractivity contribution in [1.82, 2.24) is 4.90 Å². The number of rotatable bonds is 2. The fraction of sp³-hybridized carbons (Fsp3) is 1.00. The summed E-state index contributed by atoms with van der Waals surface area (Å²) in [6.45, 7) is 11.1. The third-order valence-electron chi connectivity index (χ3n) is 4.85. The number of likely N-dealkylation sites (tertiary alicyclic amines) is 1. The highest BCUT2D eigenvalue weighted by molar-refractivity contribution is 5.00. The Bertz CT molecular complexity index is 238. The Labute approximate surface area is 100 Å². The molecule has 16 heavy (non-hydrogen) atoms. The van der Waals surface area contributed by atoms with Crippen LogP contribution >= 0.6 is 0 Å². The van der Waals surface area contributed by atoms with Crippen molar-refractivity contribution in [3.63, 3.8) is 0 Å². The van der Waals surface area contributed by atoms with Gasteiger partial charge in [-0.15, -0.1) is 0 Å². The molecule has 0 bridgehead atoms. The summed E-state index contributed by atoms with van der Waals surface area (Å²) in [6, 6.07) is 0.706. The molecule has 0 aromatic rings. The zero-order chi connectivity index (χ0) is 12.0. The van der Waals surface area contributed by atoms with Crippen molar-refractivity contribution in [2.75, 3.05) is 13.1 Å². The van der Waals surface area contributed by atoms with Crippen LogP contribution < -0.4 is 0 Å². The molecule has 2 fully saturated rings. The van der Waals surface area contributed by atoms with Crippen LogP contribution in [-0.4, -0.2) is 34.7 Å². The molecule has 1 saturated carbocycles. The van der Waals surface area contributed by atoms with Crippen LogP contribution in [0, 0.1) is 11.3 Å². The topological polar surface area (TPSA) is 23.5 Å². The second-order valence-corrected chi connectivity index (χ2v) is 6.93. The molecule has 0 amide bonds. The van der Waals surface area contributed by atoms with Gasteiger partial charge in [0.15, 0.2) is 0 Å². The highest BCUT2D eigenvalue weighted by atomic mass is 16.3. The van der Waals surface area contributed by atoms with Gasteiger partial charge in [0.25, 0.3) is 0 Å². The lowest BCUT2D eigenvalue weighted by Gasteiger charge is -2.56. The first-order valence-electron chi connectivity index (χ1n) is 6.79. The van der Waals surface area contributed by atoms with E-state index in [0.29, 0.717) is 17.4 Å². The van der Waals surface area contributed by atoms with Crippen molar-refractivity contribution in [3.05, 3.63) is 0 Å². The third kappa shape index (κ3) is 2.28. The van der Waals surface area contributed by atoms with Gasteiger partial charge < -0.3 is 5.11 Å². The van der Waals surface area contributed by atoms with Gasteiger partial charge in [-0.05, 0) is 64.7 Å². The minimum absolute atomic E-state index is 0.469. The van der Waals surface area contributed by atoms with Crippen molar-refractivity contribution in [3.8, 4) is 0 Å². The highest BCUT2D eigenvalue weighted by Gasteiger charge is 2.47. The molecule has 1 heterocycles. The lowest BCUT2D eigenvalue weighted by atomic mass is 9.63. The van der Waals surface area contributed by atoms with Gasteiger partial charge in [0.05, 0.1) is 5.60 Å². The van der Waals surface area contributed by atoms with Crippen molar-refractivity contribution in [2.24, 2.45) is 11.3 Å². The first-order chi connectivity index (χ1) is 7.32. The predicted octanol–water partition coefficient (Wildman–Crippen LogP) is 2.66. The van der Waals surface area contributed by atoms with E-state index in [1.54, 1.807) is 0 Å². The van der Waals surface area contributed by atoms with Crippen molar-refractivity contribution < 1.29 is 5.11 Å². The van der Waals surface area contributed by atoms with Gasteiger partial charge in [-0.25, -0.2) is 0 Å². The standard InChI is InChI=1S/C14H27NO/c1-11(2)15-9-14(10-15)7-5-12(6-8-14)13(3,4)16/h11-12,16H,5-10H2,1-4H3. The quantitative estimate of drug-likeness (QED) is 0.781. The van der Waals surface area contributed by atoms with E-state index in [9.17, 15) is 5.11 Å². The van der Waals surface area contributed by atoms with Crippen molar-refractivity contribution >= 4 is 0 Å². The second-order valence-electron chi connectivity index (χ2n) is 6.93. The van der Waals surface area contributed by atoms with Crippen LogP contribution in [0.5, 0.6) is 0 Å². The molecule has 0 aromatic heterocycles. The average molecular weight is 225 g/mol. The summed E-state index contributed by atoms with van der Waals surface area (Å²) in [5.41, 5.74) is 0.148. The summed E-state index contributed by atoms with van der Waals surface area (Å²) in [4.78, 5) is 2.57. The zero-order valence-electron chi connectivity index (χ0n) is 11.3.